The molecule has 0 aliphatic rings. The molecule has 0 saturated heterocycles. The van der Waals surface area contributed by atoms with Gasteiger partial charge in [-0.25, -0.2) is 4.39 Å². The quantitative estimate of drug-likeness (QED) is 0.818. The summed E-state index contributed by atoms with van der Waals surface area (Å²) >= 11 is 3.19. The monoisotopic (exact) mass is 317 g/mol. The number of unbranched alkanes of at least 4 members (excludes halogenated alkanes) is 1. The molecule has 0 aliphatic heterocycles. The molecule has 18 heavy (non-hydrogen) atoms. The predicted molar refractivity (Wildman–Crippen MR) is 72.1 cm³/mol. The van der Waals surface area contributed by atoms with Gasteiger partial charge in [-0.1, -0.05) is 13.3 Å². The zero-order valence-electron chi connectivity index (χ0n) is 10.5. The Morgan fingerprint density at radius 2 is 2.28 bits per heavy atom. The summed E-state index contributed by atoms with van der Waals surface area (Å²) in [6, 6.07) is 4.09. The van der Waals surface area contributed by atoms with Crippen molar-refractivity contribution in [3.8, 4) is 5.75 Å². The summed E-state index contributed by atoms with van der Waals surface area (Å²) in [5.74, 6) is -0.0662. The standard InChI is InChI=1S/C13H17BrFNO2/c1-3-4-7-16-13(17)9(2)18-12-6-5-10(15)8-11(12)14/h5-6,8-9H,3-4,7H2,1-2H3,(H,16,17). The smallest absolute Gasteiger partial charge is 0.260 e. The molecule has 1 N–H and O–H groups in total. The molecule has 0 heterocycles. The molecule has 3 nitrogen and oxygen atoms in total. The Bertz CT molecular complexity index is 412. The summed E-state index contributed by atoms with van der Waals surface area (Å²) in [4.78, 5) is 11.7. The van der Waals surface area contributed by atoms with Crippen LogP contribution >= 0.6 is 15.9 Å². The van der Waals surface area contributed by atoms with Crippen molar-refractivity contribution in [3.05, 3.63) is 28.5 Å². The molecule has 5 heteroatoms. The van der Waals surface area contributed by atoms with Gasteiger partial charge in [0.15, 0.2) is 6.10 Å². The second-order valence-corrected chi connectivity index (χ2v) is 4.83. The summed E-state index contributed by atoms with van der Waals surface area (Å²) in [7, 11) is 0. The first-order valence-electron chi connectivity index (χ1n) is 5.94. The van der Waals surface area contributed by atoms with Crippen LogP contribution in [-0.4, -0.2) is 18.6 Å². The van der Waals surface area contributed by atoms with Crippen molar-refractivity contribution >= 4 is 21.8 Å². The van der Waals surface area contributed by atoms with E-state index in [1.165, 1.54) is 18.2 Å². The van der Waals surface area contributed by atoms with Crippen LogP contribution in [-0.2, 0) is 4.79 Å². The number of nitrogens with one attached hydrogen (secondary N) is 1. The van der Waals surface area contributed by atoms with E-state index in [9.17, 15) is 9.18 Å². The van der Waals surface area contributed by atoms with Crippen LogP contribution in [0.3, 0.4) is 0 Å². The Kier molecular flexibility index (Phi) is 6.12. The Balaban J connectivity index is 2.53. The maximum Gasteiger partial charge on any atom is 0.260 e. The molecule has 0 spiro atoms. The third-order valence-electron chi connectivity index (χ3n) is 2.40. The minimum absolute atomic E-state index is 0.167. The second-order valence-electron chi connectivity index (χ2n) is 3.98. The Hall–Kier alpha value is -1.10. The molecule has 1 atom stereocenters. The Labute approximate surface area is 115 Å². The van der Waals surface area contributed by atoms with Gasteiger partial charge in [0, 0.05) is 6.54 Å². The first-order valence-corrected chi connectivity index (χ1v) is 6.73. The van der Waals surface area contributed by atoms with Gasteiger partial charge >= 0.3 is 0 Å². The summed E-state index contributed by atoms with van der Waals surface area (Å²) < 4.78 is 18.8. The highest BCUT2D eigenvalue weighted by molar-refractivity contribution is 9.10. The van der Waals surface area contributed by atoms with Crippen molar-refractivity contribution in [1.29, 1.82) is 0 Å². The molecule has 1 rings (SSSR count). The normalized spacial score (nSPS) is 12.0. The van der Waals surface area contributed by atoms with Gasteiger partial charge in [-0.2, -0.15) is 0 Å². The molecule has 0 saturated carbocycles. The number of rotatable bonds is 6. The number of ether oxygens (including phenoxy) is 1. The molecule has 0 aromatic heterocycles. The Morgan fingerprint density at radius 1 is 1.56 bits per heavy atom. The molecular weight excluding hydrogens is 301 g/mol. The average molecular weight is 318 g/mol. The number of carbonyl (C=O) groups is 1. The third-order valence-corrected chi connectivity index (χ3v) is 3.02. The summed E-state index contributed by atoms with van der Waals surface area (Å²) in [5, 5.41) is 2.78. The van der Waals surface area contributed by atoms with E-state index in [0.717, 1.165) is 12.8 Å². The van der Waals surface area contributed by atoms with Crippen molar-refractivity contribution < 1.29 is 13.9 Å². The van der Waals surface area contributed by atoms with Crippen molar-refractivity contribution in [1.82, 2.24) is 5.32 Å². The maximum atomic E-state index is 12.9. The number of carbonyl (C=O) groups excluding carboxylic acids is 1. The van der Waals surface area contributed by atoms with Crippen LogP contribution in [0.2, 0.25) is 0 Å². The maximum absolute atomic E-state index is 12.9. The summed E-state index contributed by atoms with van der Waals surface area (Å²) in [6.45, 7) is 4.37. The zero-order chi connectivity index (χ0) is 13.5. The van der Waals surface area contributed by atoms with E-state index in [1.807, 2.05) is 0 Å². The van der Waals surface area contributed by atoms with E-state index in [2.05, 4.69) is 28.2 Å². The van der Waals surface area contributed by atoms with E-state index in [4.69, 9.17) is 4.74 Å². The van der Waals surface area contributed by atoms with Crippen LogP contribution in [0.25, 0.3) is 0 Å². The lowest BCUT2D eigenvalue weighted by molar-refractivity contribution is -0.127. The molecule has 1 amide bonds. The van der Waals surface area contributed by atoms with Crippen LogP contribution < -0.4 is 10.1 Å². The minimum atomic E-state index is -0.608. The average Bonchev–Trinajstić information content (AvgIpc) is 2.32. The van der Waals surface area contributed by atoms with Crippen molar-refractivity contribution in [2.75, 3.05) is 6.54 Å². The van der Waals surface area contributed by atoms with Crippen LogP contribution in [0, 0.1) is 5.82 Å². The number of halogens is 2. The van der Waals surface area contributed by atoms with Gasteiger partial charge in [0.1, 0.15) is 11.6 Å². The molecule has 100 valence electrons. The number of benzene rings is 1. The van der Waals surface area contributed by atoms with Crippen molar-refractivity contribution in [3.63, 3.8) is 0 Å². The largest absolute Gasteiger partial charge is 0.480 e. The number of amides is 1. The third kappa shape index (κ3) is 4.64. The molecule has 0 radical (unpaired) electrons. The highest BCUT2D eigenvalue weighted by atomic mass is 79.9. The fourth-order valence-electron chi connectivity index (χ4n) is 1.35. The first kappa shape index (κ1) is 15.0. The van der Waals surface area contributed by atoms with Crippen LogP contribution in [0.4, 0.5) is 4.39 Å². The molecule has 0 aliphatic carbocycles. The van der Waals surface area contributed by atoms with Gasteiger partial charge in [-0.15, -0.1) is 0 Å². The molecule has 1 aromatic rings. The van der Waals surface area contributed by atoms with E-state index >= 15 is 0 Å². The van der Waals surface area contributed by atoms with E-state index < -0.39 is 6.10 Å². The first-order chi connectivity index (χ1) is 8.54. The zero-order valence-corrected chi connectivity index (χ0v) is 12.1. The minimum Gasteiger partial charge on any atom is -0.480 e. The van der Waals surface area contributed by atoms with Gasteiger partial charge in [0.05, 0.1) is 4.47 Å². The van der Waals surface area contributed by atoms with E-state index in [1.54, 1.807) is 6.92 Å². The lowest BCUT2D eigenvalue weighted by Crippen LogP contribution is -2.36. The van der Waals surface area contributed by atoms with E-state index in [0.29, 0.717) is 16.8 Å². The predicted octanol–water partition coefficient (Wildman–Crippen LogP) is 3.27. The Morgan fingerprint density at radius 3 is 2.89 bits per heavy atom. The molecule has 0 bridgehead atoms. The van der Waals surface area contributed by atoms with Crippen LogP contribution in [0.1, 0.15) is 26.7 Å². The number of hydrogen-bond donors (Lipinski definition) is 1. The van der Waals surface area contributed by atoms with Gasteiger partial charge in [0.2, 0.25) is 0 Å². The van der Waals surface area contributed by atoms with Crippen molar-refractivity contribution in [2.45, 2.75) is 32.8 Å². The van der Waals surface area contributed by atoms with Crippen LogP contribution in [0.5, 0.6) is 5.75 Å². The van der Waals surface area contributed by atoms with E-state index in [-0.39, 0.29) is 11.7 Å². The topological polar surface area (TPSA) is 38.3 Å². The molecule has 1 aromatic carbocycles. The van der Waals surface area contributed by atoms with Gasteiger partial charge in [0.25, 0.3) is 5.91 Å². The van der Waals surface area contributed by atoms with Crippen molar-refractivity contribution in [2.24, 2.45) is 0 Å². The second kappa shape index (κ2) is 7.36. The highest BCUT2D eigenvalue weighted by Crippen LogP contribution is 2.26. The van der Waals surface area contributed by atoms with Gasteiger partial charge in [-0.05, 0) is 47.5 Å². The summed E-state index contributed by atoms with van der Waals surface area (Å²) in [6.07, 6.45) is 1.36. The van der Waals surface area contributed by atoms with Gasteiger partial charge in [-0.3, -0.25) is 4.79 Å². The SMILES string of the molecule is CCCCNC(=O)C(C)Oc1ccc(F)cc1Br. The number of hydrogen-bond acceptors (Lipinski definition) is 2. The summed E-state index contributed by atoms with van der Waals surface area (Å²) in [5.41, 5.74) is 0. The molecule has 1 unspecified atom stereocenters. The fraction of sp³-hybridized carbons (Fsp3) is 0.462. The van der Waals surface area contributed by atoms with Crippen LogP contribution in [0.15, 0.2) is 22.7 Å². The van der Waals surface area contributed by atoms with Gasteiger partial charge < -0.3 is 10.1 Å². The molecule has 0 fully saturated rings. The molecular formula is C13H17BrFNO2. The lowest BCUT2D eigenvalue weighted by Gasteiger charge is -2.15. The highest BCUT2D eigenvalue weighted by Gasteiger charge is 2.15. The lowest BCUT2D eigenvalue weighted by atomic mass is 10.3. The fourth-order valence-corrected chi connectivity index (χ4v) is 1.79.